The van der Waals surface area contributed by atoms with E-state index in [4.69, 9.17) is 9.73 Å². The molecule has 2 aliphatic rings. The minimum Gasteiger partial charge on any atom is -0.507 e. The number of phenols is 1. The van der Waals surface area contributed by atoms with E-state index in [2.05, 4.69) is 0 Å². The molecular weight excluding hydrogens is 300 g/mol. The van der Waals surface area contributed by atoms with E-state index in [1.807, 2.05) is 12.3 Å². The number of hydrogen-bond acceptors (Lipinski definition) is 3. The summed E-state index contributed by atoms with van der Waals surface area (Å²) < 4.78 is 5.24. The summed E-state index contributed by atoms with van der Waals surface area (Å²) in [5.74, 6) is 1.02. The highest BCUT2D eigenvalue weighted by molar-refractivity contribution is 5.84. The van der Waals surface area contributed by atoms with Gasteiger partial charge in [0.15, 0.2) is 0 Å². The molecule has 24 heavy (non-hydrogen) atoms. The summed E-state index contributed by atoms with van der Waals surface area (Å²) in [4.78, 5) is 6.57. The topological polar surface area (TPSA) is 46.3 Å². The first-order valence-electron chi connectivity index (χ1n) is 9.45. The predicted molar refractivity (Wildman–Crippen MR) is 97.5 cm³/mol. The second kappa shape index (κ2) is 8.02. The maximum Gasteiger partial charge on any atom is 0.124 e. The molecule has 1 saturated carbocycles. The Bertz CT molecular complexity index is 559. The number of methoxy groups -OCH3 is 1. The zero-order chi connectivity index (χ0) is 16.8. The summed E-state index contributed by atoms with van der Waals surface area (Å²) in [5.41, 5.74) is 1.07. The van der Waals surface area contributed by atoms with Gasteiger partial charge in [0.25, 0.3) is 0 Å². The molecule has 0 spiro atoms. The highest BCUT2D eigenvalue weighted by Gasteiger charge is 2.41. The quantitative estimate of drug-likeness (QED) is 0.815. The molecule has 1 aliphatic heterocycles. The highest BCUT2D eigenvalue weighted by atomic mass is 16.5. The van der Waals surface area contributed by atoms with Gasteiger partial charge in [0.1, 0.15) is 17.0 Å². The summed E-state index contributed by atoms with van der Waals surface area (Å²) in [7, 11) is 1.64. The van der Waals surface area contributed by atoms with Gasteiger partial charge >= 0.3 is 0 Å². The molecule has 0 amide bonds. The predicted octanol–water partition coefficient (Wildman–Crippen LogP) is 2.59. The minimum atomic E-state index is 0.266. The first-order valence-corrected chi connectivity index (χ1v) is 9.45. The number of likely N-dealkylation sites (tertiary alicyclic amines) is 1. The lowest BCUT2D eigenvalue weighted by Gasteiger charge is -2.44. The molecule has 1 heterocycles. The van der Waals surface area contributed by atoms with E-state index < -0.39 is 0 Å². The van der Waals surface area contributed by atoms with Gasteiger partial charge in [-0.15, -0.1) is 0 Å². The standard InChI is InChI=1S/C20H30N2O2/c1-24-18-8-9-19(23)17(14-18)15-21-16-20(10-4-2-5-11-20)22-12-6-3-7-13-22/h8-9,14-15,23H,2-7,10-13,16H2,1H3/p+1. The summed E-state index contributed by atoms with van der Waals surface area (Å²) in [6, 6.07) is 5.29. The molecule has 3 rings (SSSR count). The first-order chi connectivity index (χ1) is 11.7. The van der Waals surface area contributed by atoms with Crippen LogP contribution in [0.4, 0.5) is 0 Å². The van der Waals surface area contributed by atoms with E-state index in [9.17, 15) is 5.11 Å². The van der Waals surface area contributed by atoms with E-state index >= 15 is 0 Å². The Morgan fingerprint density at radius 3 is 2.54 bits per heavy atom. The molecule has 2 fully saturated rings. The average Bonchev–Trinajstić information content (AvgIpc) is 2.65. The van der Waals surface area contributed by atoms with Crippen LogP contribution in [0.2, 0.25) is 0 Å². The van der Waals surface area contributed by atoms with Crippen LogP contribution >= 0.6 is 0 Å². The van der Waals surface area contributed by atoms with Crippen LogP contribution in [0.25, 0.3) is 0 Å². The van der Waals surface area contributed by atoms with Crippen LogP contribution in [0.5, 0.6) is 11.5 Å². The number of quaternary nitrogens is 1. The molecule has 4 heteroatoms. The van der Waals surface area contributed by atoms with E-state index in [1.165, 1.54) is 64.5 Å². The Labute approximate surface area is 145 Å². The lowest BCUT2D eigenvalue weighted by molar-refractivity contribution is -0.957. The van der Waals surface area contributed by atoms with Gasteiger partial charge in [0, 0.05) is 24.6 Å². The number of rotatable bonds is 5. The van der Waals surface area contributed by atoms with E-state index in [-0.39, 0.29) is 5.75 Å². The normalized spacial score (nSPS) is 21.9. The third kappa shape index (κ3) is 3.92. The smallest absolute Gasteiger partial charge is 0.124 e. The molecule has 132 valence electrons. The Hall–Kier alpha value is -1.55. The van der Waals surface area contributed by atoms with Gasteiger partial charge in [0.05, 0.1) is 26.7 Å². The van der Waals surface area contributed by atoms with E-state index in [1.54, 1.807) is 24.1 Å². The van der Waals surface area contributed by atoms with Crippen molar-refractivity contribution >= 4 is 6.21 Å². The molecule has 0 radical (unpaired) electrons. The van der Waals surface area contributed by atoms with Gasteiger partial charge in [-0.1, -0.05) is 6.42 Å². The molecular formula is C20H31N2O2+. The van der Waals surface area contributed by atoms with Crippen molar-refractivity contribution in [3.05, 3.63) is 23.8 Å². The zero-order valence-electron chi connectivity index (χ0n) is 14.9. The molecule has 1 aliphatic carbocycles. The van der Waals surface area contributed by atoms with Crippen molar-refractivity contribution < 1.29 is 14.7 Å². The van der Waals surface area contributed by atoms with Crippen molar-refractivity contribution in [3.63, 3.8) is 0 Å². The Kier molecular flexibility index (Phi) is 5.77. The maximum absolute atomic E-state index is 10.0. The van der Waals surface area contributed by atoms with Gasteiger partial charge in [-0.2, -0.15) is 0 Å². The fourth-order valence-electron chi connectivity index (χ4n) is 4.44. The zero-order valence-corrected chi connectivity index (χ0v) is 14.9. The first kappa shape index (κ1) is 17.3. The fraction of sp³-hybridized carbons (Fsp3) is 0.650. The van der Waals surface area contributed by atoms with Crippen LogP contribution in [0.1, 0.15) is 56.9 Å². The van der Waals surface area contributed by atoms with Gasteiger partial charge in [-0.3, -0.25) is 4.99 Å². The van der Waals surface area contributed by atoms with Gasteiger partial charge < -0.3 is 14.7 Å². The number of phenolic OH excluding ortho intramolecular Hbond substituents is 1. The Balaban J connectivity index is 1.73. The average molecular weight is 331 g/mol. The van der Waals surface area contributed by atoms with Crippen LogP contribution < -0.4 is 9.64 Å². The molecule has 0 unspecified atom stereocenters. The lowest BCUT2D eigenvalue weighted by atomic mass is 9.79. The summed E-state index contributed by atoms with van der Waals surface area (Å²) in [6.07, 6.45) is 12.6. The molecule has 0 aromatic heterocycles. The summed E-state index contributed by atoms with van der Waals surface area (Å²) in [6.45, 7) is 3.48. The highest BCUT2D eigenvalue weighted by Crippen LogP contribution is 2.27. The van der Waals surface area contributed by atoms with Crippen LogP contribution in [-0.4, -0.2) is 43.6 Å². The molecule has 0 bridgehead atoms. The fourth-order valence-corrected chi connectivity index (χ4v) is 4.44. The lowest BCUT2D eigenvalue weighted by Crippen LogP contribution is -3.21. The van der Waals surface area contributed by atoms with E-state index in [0.29, 0.717) is 5.54 Å². The molecule has 0 atom stereocenters. The second-order valence-corrected chi connectivity index (χ2v) is 7.40. The number of nitrogens with one attached hydrogen (secondary N) is 1. The molecule has 1 aromatic rings. The van der Waals surface area contributed by atoms with Crippen molar-refractivity contribution in [1.29, 1.82) is 0 Å². The molecule has 1 saturated heterocycles. The monoisotopic (exact) mass is 331 g/mol. The maximum atomic E-state index is 10.0. The SMILES string of the molecule is COc1ccc(O)c(C=NCC2([NH+]3CCCCC3)CCCCC2)c1. The number of aliphatic imine (C=N–C) groups is 1. The molecule has 1 aromatic carbocycles. The van der Waals surface area contributed by atoms with Crippen LogP contribution in [0, 0.1) is 0 Å². The van der Waals surface area contributed by atoms with Crippen molar-refractivity contribution in [2.24, 2.45) is 4.99 Å². The summed E-state index contributed by atoms with van der Waals surface area (Å²) in [5, 5.41) is 10.0. The van der Waals surface area contributed by atoms with Crippen molar-refractivity contribution in [1.82, 2.24) is 0 Å². The van der Waals surface area contributed by atoms with Crippen LogP contribution in [0.15, 0.2) is 23.2 Å². The van der Waals surface area contributed by atoms with Gasteiger partial charge in [0.2, 0.25) is 0 Å². The number of ether oxygens (including phenoxy) is 1. The summed E-state index contributed by atoms with van der Waals surface area (Å²) >= 11 is 0. The third-order valence-electron chi connectivity index (χ3n) is 5.88. The number of aromatic hydroxyl groups is 1. The Morgan fingerprint density at radius 1 is 1.12 bits per heavy atom. The van der Waals surface area contributed by atoms with Crippen LogP contribution in [-0.2, 0) is 0 Å². The van der Waals surface area contributed by atoms with Crippen molar-refractivity contribution in [2.75, 3.05) is 26.7 Å². The van der Waals surface area contributed by atoms with Crippen molar-refractivity contribution in [2.45, 2.75) is 56.9 Å². The van der Waals surface area contributed by atoms with E-state index in [0.717, 1.165) is 17.9 Å². The number of nitrogens with zero attached hydrogens (tertiary/aromatic N) is 1. The largest absolute Gasteiger partial charge is 0.507 e. The minimum absolute atomic E-state index is 0.266. The number of benzene rings is 1. The van der Waals surface area contributed by atoms with Crippen molar-refractivity contribution in [3.8, 4) is 11.5 Å². The van der Waals surface area contributed by atoms with Gasteiger partial charge in [-0.25, -0.2) is 0 Å². The number of hydrogen-bond donors (Lipinski definition) is 2. The number of piperidine rings is 1. The van der Waals surface area contributed by atoms with Gasteiger partial charge in [-0.05, 0) is 50.3 Å². The third-order valence-corrected chi connectivity index (χ3v) is 5.88. The molecule has 4 nitrogen and oxygen atoms in total. The second-order valence-electron chi connectivity index (χ2n) is 7.40. The van der Waals surface area contributed by atoms with Crippen LogP contribution in [0.3, 0.4) is 0 Å². The molecule has 2 N–H and O–H groups in total. The Morgan fingerprint density at radius 2 is 1.83 bits per heavy atom.